The Bertz CT molecular complexity index is 482. The van der Waals surface area contributed by atoms with Crippen molar-refractivity contribution in [3.63, 3.8) is 0 Å². The number of benzene rings is 1. The summed E-state index contributed by atoms with van der Waals surface area (Å²) in [6, 6.07) is 7.11. The van der Waals surface area contributed by atoms with Crippen molar-refractivity contribution < 1.29 is 4.39 Å². The standard InChI is InChI=1S/C21H31F/c1-5-9-18(6-2)16-19(13-12-17(3)4)14-15-20-10-7-8-11-21(20)22/h7-8,10-13,16-18H,5-6,9,14-15H2,1-4H3/b13-12?,19-16+. The van der Waals surface area contributed by atoms with Crippen molar-refractivity contribution >= 4 is 0 Å². The van der Waals surface area contributed by atoms with E-state index in [1.807, 2.05) is 12.1 Å². The second-order valence-corrected chi connectivity index (χ2v) is 6.39. The highest BCUT2D eigenvalue weighted by Gasteiger charge is 2.06. The fraction of sp³-hybridized carbons (Fsp3) is 0.524. The maximum atomic E-state index is 13.8. The van der Waals surface area contributed by atoms with Gasteiger partial charge in [-0.1, -0.05) is 76.1 Å². The van der Waals surface area contributed by atoms with Crippen LogP contribution in [-0.2, 0) is 6.42 Å². The van der Waals surface area contributed by atoms with Crippen LogP contribution in [0.4, 0.5) is 4.39 Å². The van der Waals surface area contributed by atoms with Gasteiger partial charge < -0.3 is 0 Å². The Labute approximate surface area is 136 Å². The zero-order valence-electron chi connectivity index (χ0n) is 14.6. The van der Waals surface area contributed by atoms with E-state index in [9.17, 15) is 4.39 Å². The van der Waals surface area contributed by atoms with Crippen LogP contribution >= 0.6 is 0 Å². The van der Waals surface area contributed by atoms with Gasteiger partial charge in [0.1, 0.15) is 5.82 Å². The molecule has 0 nitrogen and oxygen atoms in total. The lowest BCUT2D eigenvalue weighted by atomic mass is 9.94. The predicted octanol–water partition coefficient (Wildman–Crippen LogP) is 6.72. The topological polar surface area (TPSA) is 0 Å². The zero-order chi connectivity index (χ0) is 16.4. The molecule has 0 saturated carbocycles. The van der Waals surface area contributed by atoms with Gasteiger partial charge in [0.2, 0.25) is 0 Å². The number of rotatable bonds is 9. The number of hydrogen-bond acceptors (Lipinski definition) is 0. The fourth-order valence-corrected chi connectivity index (χ4v) is 2.60. The minimum Gasteiger partial charge on any atom is -0.207 e. The first-order chi connectivity index (χ1) is 10.6. The average Bonchev–Trinajstić information content (AvgIpc) is 2.50. The van der Waals surface area contributed by atoms with E-state index in [2.05, 4.69) is 45.9 Å². The maximum Gasteiger partial charge on any atom is 0.126 e. The molecular formula is C21H31F. The number of hydrogen-bond donors (Lipinski definition) is 0. The molecular weight excluding hydrogens is 271 g/mol. The van der Waals surface area contributed by atoms with Crippen LogP contribution in [0, 0.1) is 17.7 Å². The zero-order valence-corrected chi connectivity index (χ0v) is 14.6. The second kappa shape index (κ2) is 10.4. The van der Waals surface area contributed by atoms with E-state index in [0.717, 1.165) is 18.4 Å². The van der Waals surface area contributed by atoms with Crippen molar-refractivity contribution in [1.82, 2.24) is 0 Å². The smallest absolute Gasteiger partial charge is 0.126 e. The van der Waals surface area contributed by atoms with E-state index < -0.39 is 0 Å². The molecule has 0 amide bonds. The molecule has 22 heavy (non-hydrogen) atoms. The summed E-state index contributed by atoms with van der Waals surface area (Å²) >= 11 is 0. The highest BCUT2D eigenvalue weighted by Crippen LogP contribution is 2.20. The lowest BCUT2D eigenvalue weighted by molar-refractivity contribution is 0.559. The van der Waals surface area contributed by atoms with Crippen LogP contribution in [-0.4, -0.2) is 0 Å². The Morgan fingerprint density at radius 2 is 1.91 bits per heavy atom. The molecule has 1 aromatic carbocycles. The van der Waals surface area contributed by atoms with Crippen LogP contribution in [0.15, 0.2) is 48.1 Å². The normalized spacial score (nSPS) is 14.0. The van der Waals surface area contributed by atoms with E-state index in [1.165, 1.54) is 24.8 Å². The largest absolute Gasteiger partial charge is 0.207 e. The first-order valence-electron chi connectivity index (χ1n) is 8.69. The lowest BCUT2D eigenvalue weighted by Gasteiger charge is -2.12. The van der Waals surface area contributed by atoms with Crippen LogP contribution in [0.5, 0.6) is 0 Å². The molecule has 0 radical (unpaired) electrons. The Hall–Kier alpha value is -1.37. The third kappa shape index (κ3) is 7.06. The third-order valence-electron chi connectivity index (χ3n) is 3.97. The van der Waals surface area contributed by atoms with Gasteiger partial charge in [-0.15, -0.1) is 0 Å². The van der Waals surface area contributed by atoms with Gasteiger partial charge in [0.05, 0.1) is 0 Å². The molecule has 1 rings (SSSR count). The SMILES string of the molecule is CCCC(/C=C(\C=CC(C)C)CCc1ccccc1F)CC. The molecule has 0 N–H and O–H groups in total. The minimum absolute atomic E-state index is 0.0877. The van der Waals surface area contributed by atoms with Crippen molar-refractivity contribution in [2.24, 2.45) is 11.8 Å². The summed E-state index contributed by atoms with van der Waals surface area (Å²) in [6.45, 7) is 8.86. The molecule has 1 atom stereocenters. The van der Waals surface area contributed by atoms with Crippen molar-refractivity contribution in [2.75, 3.05) is 0 Å². The van der Waals surface area contributed by atoms with Crippen LogP contribution in [0.3, 0.4) is 0 Å². The second-order valence-electron chi connectivity index (χ2n) is 6.39. The van der Waals surface area contributed by atoms with Crippen LogP contribution < -0.4 is 0 Å². The number of halogens is 1. The molecule has 0 saturated heterocycles. The van der Waals surface area contributed by atoms with Gasteiger partial charge in [0, 0.05) is 0 Å². The van der Waals surface area contributed by atoms with Gasteiger partial charge in [-0.3, -0.25) is 0 Å². The van der Waals surface area contributed by atoms with E-state index in [0.29, 0.717) is 11.8 Å². The molecule has 0 spiro atoms. The summed E-state index contributed by atoms with van der Waals surface area (Å²) in [5.74, 6) is 1.09. The van der Waals surface area contributed by atoms with Gasteiger partial charge in [-0.25, -0.2) is 4.39 Å². The van der Waals surface area contributed by atoms with E-state index in [1.54, 1.807) is 12.1 Å². The molecule has 0 fully saturated rings. The van der Waals surface area contributed by atoms with Crippen molar-refractivity contribution in [3.05, 3.63) is 59.4 Å². The van der Waals surface area contributed by atoms with Gasteiger partial charge in [-0.2, -0.15) is 0 Å². The fourth-order valence-electron chi connectivity index (χ4n) is 2.60. The summed E-state index contributed by atoms with van der Waals surface area (Å²) in [5.41, 5.74) is 2.16. The maximum absolute atomic E-state index is 13.8. The molecule has 1 aromatic rings. The molecule has 0 heterocycles. The number of allylic oxidation sites excluding steroid dienone is 4. The Morgan fingerprint density at radius 1 is 1.18 bits per heavy atom. The van der Waals surface area contributed by atoms with E-state index >= 15 is 0 Å². The van der Waals surface area contributed by atoms with Gasteiger partial charge in [0.25, 0.3) is 0 Å². The highest BCUT2D eigenvalue weighted by atomic mass is 19.1. The Morgan fingerprint density at radius 3 is 2.50 bits per heavy atom. The highest BCUT2D eigenvalue weighted by molar-refractivity contribution is 5.24. The molecule has 1 unspecified atom stereocenters. The van der Waals surface area contributed by atoms with Crippen LogP contribution in [0.25, 0.3) is 0 Å². The van der Waals surface area contributed by atoms with Crippen LogP contribution in [0.2, 0.25) is 0 Å². The van der Waals surface area contributed by atoms with Gasteiger partial charge in [0.15, 0.2) is 0 Å². The summed E-state index contributed by atoms with van der Waals surface area (Å²) in [4.78, 5) is 0. The summed E-state index contributed by atoms with van der Waals surface area (Å²) < 4.78 is 13.8. The lowest BCUT2D eigenvalue weighted by Crippen LogP contribution is -1.98. The minimum atomic E-state index is -0.0877. The first-order valence-corrected chi connectivity index (χ1v) is 8.69. The average molecular weight is 302 g/mol. The first kappa shape index (κ1) is 18.7. The van der Waals surface area contributed by atoms with Crippen molar-refractivity contribution in [2.45, 2.75) is 59.8 Å². The molecule has 1 heteroatoms. The molecule has 122 valence electrons. The third-order valence-corrected chi connectivity index (χ3v) is 3.97. The van der Waals surface area contributed by atoms with E-state index in [4.69, 9.17) is 0 Å². The molecule has 0 aliphatic rings. The monoisotopic (exact) mass is 302 g/mol. The van der Waals surface area contributed by atoms with E-state index in [-0.39, 0.29) is 5.82 Å². The summed E-state index contributed by atoms with van der Waals surface area (Å²) in [6.07, 6.45) is 12.2. The molecule has 0 aliphatic carbocycles. The van der Waals surface area contributed by atoms with Crippen molar-refractivity contribution in [1.29, 1.82) is 0 Å². The predicted molar refractivity (Wildman–Crippen MR) is 95.5 cm³/mol. The summed E-state index contributed by atoms with van der Waals surface area (Å²) in [5, 5.41) is 0. The van der Waals surface area contributed by atoms with Gasteiger partial charge >= 0.3 is 0 Å². The molecule has 0 bridgehead atoms. The molecule has 0 aliphatic heterocycles. The quantitative estimate of drug-likeness (QED) is 0.444. The number of aryl methyl sites for hydroxylation is 1. The summed E-state index contributed by atoms with van der Waals surface area (Å²) in [7, 11) is 0. The molecule has 0 aromatic heterocycles. The Kier molecular flexibility index (Phi) is 8.81. The van der Waals surface area contributed by atoms with Crippen molar-refractivity contribution in [3.8, 4) is 0 Å². The Balaban J connectivity index is 2.81. The van der Waals surface area contributed by atoms with Crippen LogP contribution in [0.1, 0.15) is 58.9 Å². The van der Waals surface area contributed by atoms with Gasteiger partial charge in [-0.05, 0) is 49.1 Å².